The van der Waals surface area contributed by atoms with Crippen LogP contribution in [-0.4, -0.2) is 22.2 Å². The molecule has 22 heavy (non-hydrogen) atoms. The van der Waals surface area contributed by atoms with Gasteiger partial charge in [0.05, 0.1) is 23.2 Å². The highest BCUT2D eigenvalue weighted by Gasteiger charge is 2.13. The third kappa shape index (κ3) is 1.72. The number of nitrogens with one attached hydrogen (secondary N) is 1. The molecule has 0 saturated carbocycles. The van der Waals surface area contributed by atoms with Gasteiger partial charge in [-0.05, 0) is 18.2 Å². The number of aromatic hydroxyl groups is 1. The van der Waals surface area contributed by atoms with E-state index in [4.69, 9.17) is 16.3 Å². The van der Waals surface area contributed by atoms with Crippen molar-refractivity contribution < 1.29 is 14.2 Å². The van der Waals surface area contributed by atoms with Crippen LogP contribution in [-0.2, 0) is 0 Å². The Labute approximate surface area is 129 Å². The van der Waals surface area contributed by atoms with Gasteiger partial charge in [-0.1, -0.05) is 11.6 Å². The highest BCUT2D eigenvalue weighted by atomic mass is 35.5. The number of hydrogen-bond donors (Lipinski definition) is 2. The third-order valence-corrected chi connectivity index (χ3v) is 4.07. The summed E-state index contributed by atoms with van der Waals surface area (Å²) in [4.78, 5) is 7.58. The molecule has 4 rings (SSSR count). The maximum atomic E-state index is 13.7. The molecule has 2 N–H and O–H groups in total. The molecule has 0 atom stereocenters. The number of fused-ring (bicyclic) bond motifs is 5. The molecule has 0 saturated heterocycles. The maximum Gasteiger partial charge on any atom is 0.162 e. The first-order valence-corrected chi connectivity index (χ1v) is 6.92. The number of ether oxygens (including phenoxy) is 1. The molecular formula is C16H10ClFN2O2. The molecule has 6 heteroatoms. The van der Waals surface area contributed by atoms with Gasteiger partial charge >= 0.3 is 0 Å². The molecule has 0 amide bonds. The summed E-state index contributed by atoms with van der Waals surface area (Å²) in [5.41, 5.74) is 2.14. The molecule has 4 aromatic rings. The van der Waals surface area contributed by atoms with E-state index in [1.165, 1.54) is 13.2 Å². The Morgan fingerprint density at radius 3 is 2.77 bits per heavy atom. The smallest absolute Gasteiger partial charge is 0.162 e. The molecule has 0 aliphatic rings. The molecular weight excluding hydrogens is 307 g/mol. The van der Waals surface area contributed by atoms with Gasteiger partial charge in [-0.25, -0.2) is 4.39 Å². The number of aromatic nitrogens is 2. The van der Waals surface area contributed by atoms with E-state index in [-0.39, 0.29) is 10.8 Å². The fourth-order valence-corrected chi connectivity index (χ4v) is 2.88. The summed E-state index contributed by atoms with van der Waals surface area (Å²) in [6, 6.07) is 6.16. The predicted octanol–water partition coefficient (Wildman–Crippen LogP) is 4.38. The number of rotatable bonds is 1. The number of nitrogens with zero attached hydrogens (tertiary/aromatic N) is 1. The number of halogens is 2. The van der Waals surface area contributed by atoms with Crippen LogP contribution in [0, 0.1) is 5.82 Å². The van der Waals surface area contributed by atoms with Crippen LogP contribution in [0.1, 0.15) is 0 Å². The molecule has 0 aliphatic carbocycles. The zero-order chi connectivity index (χ0) is 15.4. The zero-order valence-electron chi connectivity index (χ0n) is 11.4. The molecule has 0 radical (unpaired) electrons. The van der Waals surface area contributed by atoms with Crippen molar-refractivity contribution in [2.24, 2.45) is 0 Å². The molecule has 2 aromatic carbocycles. The lowest BCUT2D eigenvalue weighted by Gasteiger charge is -2.05. The van der Waals surface area contributed by atoms with E-state index >= 15 is 0 Å². The average Bonchev–Trinajstić information content (AvgIpc) is 2.85. The summed E-state index contributed by atoms with van der Waals surface area (Å²) in [6.07, 6.45) is 1.67. The van der Waals surface area contributed by atoms with Gasteiger partial charge in [-0.3, -0.25) is 4.98 Å². The largest absolute Gasteiger partial charge is 0.504 e. The number of H-pyrrole nitrogens is 1. The van der Waals surface area contributed by atoms with Gasteiger partial charge in [-0.15, -0.1) is 0 Å². The number of phenols is 1. The van der Waals surface area contributed by atoms with Gasteiger partial charge in [-0.2, -0.15) is 0 Å². The fraction of sp³-hybridized carbons (Fsp3) is 0.0625. The second kappa shape index (κ2) is 4.48. The summed E-state index contributed by atoms with van der Waals surface area (Å²) in [5, 5.41) is 12.2. The summed E-state index contributed by atoms with van der Waals surface area (Å²) >= 11 is 5.83. The Hall–Kier alpha value is -2.53. The highest BCUT2D eigenvalue weighted by molar-refractivity contribution is 6.32. The van der Waals surface area contributed by atoms with Crippen molar-refractivity contribution >= 4 is 44.3 Å². The van der Waals surface area contributed by atoms with E-state index in [9.17, 15) is 9.50 Å². The maximum absolute atomic E-state index is 13.7. The van der Waals surface area contributed by atoms with Gasteiger partial charge in [0.25, 0.3) is 0 Å². The second-order valence-corrected chi connectivity index (χ2v) is 5.43. The SMILES string of the molecule is COc1cc2ncc3c4cc(F)c(Cl)cc4[nH]c3c2cc1O. The number of benzene rings is 2. The van der Waals surface area contributed by atoms with Crippen molar-refractivity contribution in [2.45, 2.75) is 0 Å². The Balaban J connectivity index is 2.17. The van der Waals surface area contributed by atoms with Crippen molar-refractivity contribution in [3.8, 4) is 11.5 Å². The van der Waals surface area contributed by atoms with Gasteiger partial charge in [0.15, 0.2) is 11.5 Å². The van der Waals surface area contributed by atoms with Gasteiger partial charge in [0.1, 0.15) is 5.82 Å². The first kappa shape index (κ1) is 13.2. The topological polar surface area (TPSA) is 58.1 Å². The lowest BCUT2D eigenvalue weighted by atomic mass is 10.1. The minimum absolute atomic E-state index is 0.0205. The van der Waals surface area contributed by atoms with Crippen LogP contribution < -0.4 is 4.74 Å². The Kier molecular flexibility index (Phi) is 2.68. The van der Waals surface area contributed by atoms with Crippen LogP contribution >= 0.6 is 11.6 Å². The van der Waals surface area contributed by atoms with Crippen LogP contribution in [0.3, 0.4) is 0 Å². The third-order valence-electron chi connectivity index (χ3n) is 3.78. The molecule has 0 aliphatic heterocycles. The van der Waals surface area contributed by atoms with E-state index in [0.717, 1.165) is 16.3 Å². The van der Waals surface area contributed by atoms with E-state index in [2.05, 4.69) is 9.97 Å². The predicted molar refractivity (Wildman–Crippen MR) is 84.3 cm³/mol. The van der Waals surface area contributed by atoms with Gasteiger partial charge in [0, 0.05) is 33.9 Å². The standard InChI is InChI=1S/C16H10ClFN2O2/c1-22-15-5-12-8(3-14(15)21)16-9(6-19-12)7-2-11(18)10(17)4-13(7)20-16/h2-6,20-21H,1H3. The number of pyridine rings is 1. The van der Waals surface area contributed by atoms with E-state index in [1.54, 1.807) is 24.4 Å². The average molecular weight is 317 g/mol. The minimum atomic E-state index is -0.479. The normalized spacial score (nSPS) is 11.6. The monoisotopic (exact) mass is 316 g/mol. The first-order chi connectivity index (χ1) is 10.6. The second-order valence-electron chi connectivity index (χ2n) is 5.02. The number of aromatic amines is 1. The van der Waals surface area contributed by atoms with Gasteiger partial charge < -0.3 is 14.8 Å². The first-order valence-electron chi connectivity index (χ1n) is 6.54. The van der Waals surface area contributed by atoms with Crippen LogP contribution in [0.15, 0.2) is 30.5 Å². The Bertz CT molecular complexity index is 1060. The van der Waals surface area contributed by atoms with Crippen molar-refractivity contribution in [1.29, 1.82) is 0 Å². The Morgan fingerprint density at radius 2 is 2.00 bits per heavy atom. The molecule has 2 aromatic heterocycles. The summed E-state index contributed by atoms with van der Waals surface area (Å²) in [7, 11) is 1.48. The zero-order valence-corrected chi connectivity index (χ0v) is 12.2. The van der Waals surface area contributed by atoms with Crippen molar-refractivity contribution in [3.63, 3.8) is 0 Å². The lowest BCUT2D eigenvalue weighted by molar-refractivity contribution is 0.374. The molecule has 110 valence electrons. The highest BCUT2D eigenvalue weighted by Crippen LogP contribution is 2.36. The van der Waals surface area contributed by atoms with Crippen LogP contribution in [0.2, 0.25) is 5.02 Å². The van der Waals surface area contributed by atoms with Crippen molar-refractivity contribution in [1.82, 2.24) is 9.97 Å². The molecule has 0 bridgehead atoms. The fourth-order valence-electron chi connectivity index (χ4n) is 2.72. The van der Waals surface area contributed by atoms with Crippen LogP contribution in [0.4, 0.5) is 4.39 Å². The Morgan fingerprint density at radius 1 is 1.18 bits per heavy atom. The molecule has 2 heterocycles. The molecule has 4 nitrogen and oxygen atoms in total. The van der Waals surface area contributed by atoms with E-state index < -0.39 is 5.82 Å². The summed E-state index contributed by atoms with van der Waals surface area (Å²) in [5.74, 6) is -0.107. The van der Waals surface area contributed by atoms with Gasteiger partial charge in [0.2, 0.25) is 0 Å². The summed E-state index contributed by atoms with van der Waals surface area (Å²) < 4.78 is 18.8. The lowest BCUT2D eigenvalue weighted by Crippen LogP contribution is -1.86. The number of hydrogen-bond acceptors (Lipinski definition) is 3. The van der Waals surface area contributed by atoms with E-state index in [0.29, 0.717) is 22.2 Å². The quantitative estimate of drug-likeness (QED) is 0.548. The molecule has 0 fully saturated rings. The van der Waals surface area contributed by atoms with E-state index in [1.807, 2.05) is 0 Å². The summed E-state index contributed by atoms with van der Waals surface area (Å²) in [6.45, 7) is 0. The molecule has 0 spiro atoms. The molecule has 0 unspecified atom stereocenters. The van der Waals surface area contributed by atoms with Crippen molar-refractivity contribution in [2.75, 3.05) is 7.11 Å². The van der Waals surface area contributed by atoms with Crippen LogP contribution in [0.25, 0.3) is 32.7 Å². The van der Waals surface area contributed by atoms with Crippen LogP contribution in [0.5, 0.6) is 11.5 Å². The van der Waals surface area contributed by atoms with Crippen molar-refractivity contribution in [3.05, 3.63) is 41.3 Å². The number of phenolic OH excluding ortho intramolecular Hbond substituents is 1. The number of methoxy groups -OCH3 is 1. The minimum Gasteiger partial charge on any atom is -0.504 e.